The molecule has 0 saturated heterocycles. The number of fused-ring (bicyclic) bond motifs is 1. The van der Waals surface area contributed by atoms with E-state index in [9.17, 15) is 9.59 Å². The van der Waals surface area contributed by atoms with Crippen LogP contribution in [0.25, 0.3) is 10.9 Å². The molecule has 0 spiro atoms. The molecule has 0 aliphatic heterocycles. The van der Waals surface area contributed by atoms with Gasteiger partial charge in [0.15, 0.2) is 0 Å². The molecule has 9 heteroatoms. The van der Waals surface area contributed by atoms with Gasteiger partial charge in [-0.15, -0.1) is 0 Å². The Bertz CT molecular complexity index is 725. The van der Waals surface area contributed by atoms with Gasteiger partial charge in [-0.25, -0.2) is 9.78 Å². The maximum absolute atomic E-state index is 11.6. The van der Waals surface area contributed by atoms with Gasteiger partial charge in [0.2, 0.25) is 0 Å². The van der Waals surface area contributed by atoms with E-state index in [2.05, 4.69) is 19.5 Å². The van der Waals surface area contributed by atoms with Gasteiger partial charge in [0.1, 0.15) is 18.1 Å². The number of carbonyl (C=O) groups is 2. The first-order valence-electron chi connectivity index (χ1n) is 7.16. The number of carbonyl (C=O) groups excluding carboxylic acids is 2. The zero-order chi connectivity index (χ0) is 17.4. The summed E-state index contributed by atoms with van der Waals surface area (Å²) < 4.78 is 15.2. The Balaban J connectivity index is 1.87. The van der Waals surface area contributed by atoms with E-state index in [4.69, 9.17) is 19.9 Å². The van der Waals surface area contributed by atoms with Crippen LogP contribution >= 0.6 is 9.39 Å². The molecule has 0 saturated carbocycles. The number of primary amides is 1. The molecule has 1 amide bonds. The minimum absolute atomic E-state index is 0.104. The Kier molecular flexibility index (Phi) is 6.87. The predicted molar refractivity (Wildman–Crippen MR) is 90.8 cm³/mol. The fraction of sp³-hybridized carbons (Fsp3) is 0.267. The molecule has 1 heterocycles. The van der Waals surface area contributed by atoms with Gasteiger partial charge in [-0.2, -0.15) is 0 Å². The number of hydrogen-bond donors (Lipinski definition) is 2. The van der Waals surface area contributed by atoms with Crippen LogP contribution in [0.1, 0.15) is 10.5 Å². The molecule has 2 rings (SSSR count). The van der Waals surface area contributed by atoms with Crippen LogP contribution in [-0.4, -0.2) is 43.4 Å². The van der Waals surface area contributed by atoms with Crippen molar-refractivity contribution in [3.63, 3.8) is 0 Å². The van der Waals surface area contributed by atoms with Crippen molar-refractivity contribution in [2.75, 3.05) is 26.4 Å². The molecule has 0 aliphatic carbocycles. The van der Waals surface area contributed by atoms with Crippen molar-refractivity contribution in [2.24, 2.45) is 5.73 Å². The van der Waals surface area contributed by atoms with Crippen molar-refractivity contribution >= 4 is 32.4 Å². The molecule has 3 N–H and O–H groups in total. The summed E-state index contributed by atoms with van der Waals surface area (Å²) in [7, 11) is 2.37. The average Bonchev–Trinajstić information content (AvgIpc) is 2.57. The summed E-state index contributed by atoms with van der Waals surface area (Å²) in [5, 5.41) is 3.56. The Morgan fingerprint density at radius 1 is 1.17 bits per heavy atom. The second-order valence-corrected chi connectivity index (χ2v) is 5.09. The lowest BCUT2D eigenvalue weighted by Gasteiger charge is -2.07. The molecule has 1 aromatic heterocycles. The van der Waals surface area contributed by atoms with Crippen molar-refractivity contribution in [3.05, 3.63) is 36.0 Å². The number of benzene rings is 1. The van der Waals surface area contributed by atoms with Gasteiger partial charge in [0.05, 0.1) is 18.7 Å². The molecule has 0 fully saturated rings. The van der Waals surface area contributed by atoms with Gasteiger partial charge in [-0.3, -0.25) is 9.88 Å². The van der Waals surface area contributed by atoms with E-state index < -0.39 is 12.1 Å². The Morgan fingerprint density at radius 3 is 2.75 bits per heavy atom. The zero-order valence-corrected chi connectivity index (χ0v) is 14.0. The number of nitrogens with zero attached hydrogens (tertiary/aromatic N) is 1. The monoisotopic (exact) mass is 351 g/mol. The summed E-state index contributed by atoms with van der Waals surface area (Å²) in [5.74, 6) is -0.286. The predicted octanol–water partition coefficient (Wildman–Crippen LogP) is 1.25. The van der Waals surface area contributed by atoms with Crippen molar-refractivity contribution in [1.29, 1.82) is 0 Å². The summed E-state index contributed by atoms with van der Waals surface area (Å²) in [4.78, 5) is 26.8. The number of nitrogens with one attached hydrogen (secondary N) is 1. The zero-order valence-electron chi connectivity index (χ0n) is 12.9. The fourth-order valence-electron chi connectivity index (χ4n) is 1.85. The van der Waals surface area contributed by atoms with E-state index in [-0.39, 0.29) is 12.3 Å². The average molecular weight is 351 g/mol. The summed E-state index contributed by atoms with van der Waals surface area (Å²) in [5.41, 5.74) is 5.93. The van der Waals surface area contributed by atoms with Gasteiger partial charge in [-0.05, 0) is 24.3 Å². The van der Waals surface area contributed by atoms with Crippen LogP contribution in [0.4, 0.5) is 4.79 Å². The van der Waals surface area contributed by atoms with E-state index in [1.54, 1.807) is 24.3 Å². The number of rotatable bonds is 8. The first kappa shape index (κ1) is 18.1. The highest BCUT2D eigenvalue weighted by Crippen LogP contribution is 2.20. The third-order valence-electron chi connectivity index (χ3n) is 2.95. The third-order valence-corrected chi connectivity index (χ3v) is 3.24. The number of aromatic nitrogens is 1. The molecular formula is C15H18N3O5P. The van der Waals surface area contributed by atoms with E-state index >= 15 is 0 Å². The highest BCUT2D eigenvalue weighted by molar-refractivity contribution is 7.13. The minimum atomic E-state index is -0.816. The highest BCUT2D eigenvalue weighted by atomic mass is 31.0. The number of pyridine rings is 1. The molecule has 0 aliphatic rings. The molecule has 1 unspecified atom stereocenters. The number of amides is 1. The largest absolute Gasteiger partial charge is 0.513 e. The number of ether oxygens (including phenoxy) is 3. The van der Waals surface area contributed by atoms with Crippen LogP contribution in [0.3, 0.4) is 0 Å². The Labute approximate surface area is 140 Å². The lowest BCUT2D eigenvalue weighted by atomic mass is 10.2. The van der Waals surface area contributed by atoms with Crippen LogP contribution in [-0.2, 0) is 9.47 Å². The molecule has 8 nitrogen and oxygen atoms in total. The van der Waals surface area contributed by atoms with Crippen LogP contribution in [0.15, 0.2) is 30.3 Å². The molecule has 0 bridgehead atoms. The standard InChI is InChI=1S/C15H18N3O5P/c16-14(19)13-3-1-10-9-11(2-4-12(10)18-13)23-15(20)22-8-7-21-6-5-17-24/h1-4,9,17H,5-8,24H2,(H2,16,19). The van der Waals surface area contributed by atoms with E-state index in [1.807, 2.05) is 0 Å². The van der Waals surface area contributed by atoms with Gasteiger partial charge < -0.3 is 19.9 Å². The Hall–Kier alpha value is -2.28. The number of nitrogens with two attached hydrogens (primary N) is 1. The lowest BCUT2D eigenvalue weighted by molar-refractivity contribution is 0.0539. The van der Waals surface area contributed by atoms with Crippen molar-refractivity contribution in [2.45, 2.75) is 0 Å². The molecule has 1 atom stereocenters. The quantitative estimate of drug-likeness (QED) is 0.318. The van der Waals surface area contributed by atoms with Crippen molar-refractivity contribution < 1.29 is 23.8 Å². The van der Waals surface area contributed by atoms with Gasteiger partial charge in [0.25, 0.3) is 5.91 Å². The molecule has 2 aromatic rings. The summed E-state index contributed by atoms with van der Waals surface area (Å²) >= 11 is 0. The summed E-state index contributed by atoms with van der Waals surface area (Å²) in [6.07, 6.45) is -0.816. The van der Waals surface area contributed by atoms with Gasteiger partial charge >= 0.3 is 6.16 Å². The molecule has 0 radical (unpaired) electrons. The molecule has 24 heavy (non-hydrogen) atoms. The fourth-order valence-corrected chi connectivity index (χ4v) is 1.97. The van der Waals surface area contributed by atoms with Crippen LogP contribution < -0.4 is 15.6 Å². The summed E-state index contributed by atoms with van der Waals surface area (Å²) in [6, 6.07) is 7.99. The summed E-state index contributed by atoms with van der Waals surface area (Å²) in [6.45, 7) is 1.61. The van der Waals surface area contributed by atoms with E-state index in [1.165, 1.54) is 6.07 Å². The highest BCUT2D eigenvalue weighted by Gasteiger charge is 2.08. The second-order valence-electron chi connectivity index (χ2n) is 4.68. The first-order chi connectivity index (χ1) is 11.6. The van der Waals surface area contributed by atoms with E-state index in [0.717, 1.165) is 0 Å². The van der Waals surface area contributed by atoms with Crippen molar-refractivity contribution in [1.82, 2.24) is 10.1 Å². The smallest absolute Gasteiger partial charge is 0.432 e. The minimum Gasteiger partial charge on any atom is -0.432 e. The maximum atomic E-state index is 11.6. The van der Waals surface area contributed by atoms with E-state index in [0.29, 0.717) is 36.4 Å². The molecular weight excluding hydrogens is 333 g/mol. The Morgan fingerprint density at radius 2 is 2.00 bits per heavy atom. The third kappa shape index (κ3) is 5.42. The lowest BCUT2D eigenvalue weighted by Crippen LogP contribution is -2.16. The second kappa shape index (κ2) is 9.12. The van der Waals surface area contributed by atoms with Crippen LogP contribution in [0.5, 0.6) is 5.75 Å². The number of hydrogen-bond acceptors (Lipinski definition) is 7. The van der Waals surface area contributed by atoms with Crippen molar-refractivity contribution in [3.8, 4) is 5.75 Å². The first-order valence-corrected chi connectivity index (χ1v) is 7.74. The van der Waals surface area contributed by atoms with Crippen LogP contribution in [0.2, 0.25) is 0 Å². The van der Waals surface area contributed by atoms with Gasteiger partial charge in [-0.1, -0.05) is 15.5 Å². The molecule has 128 valence electrons. The van der Waals surface area contributed by atoms with Gasteiger partial charge in [0, 0.05) is 11.9 Å². The topological polar surface area (TPSA) is 113 Å². The SMILES string of the molecule is NC(=O)c1ccc2cc(OC(=O)OCCOCCNP)ccc2n1. The van der Waals surface area contributed by atoms with Crippen LogP contribution in [0, 0.1) is 0 Å². The normalized spacial score (nSPS) is 10.5. The maximum Gasteiger partial charge on any atom is 0.513 e. The molecule has 1 aromatic carbocycles.